The van der Waals surface area contributed by atoms with Crippen LogP contribution in [0.3, 0.4) is 0 Å². The molecular formula is C12H15N3S. The topological polar surface area (TPSA) is 37.8 Å². The molecule has 0 saturated heterocycles. The lowest BCUT2D eigenvalue weighted by Gasteiger charge is -2.04. The number of hydrogen-bond donors (Lipinski definition) is 1. The summed E-state index contributed by atoms with van der Waals surface area (Å²) in [5.74, 6) is 1.80. The fourth-order valence-electron chi connectivity index (χ4n) is 1.40. The van der Waals surface area contributed by atoms with E-state index < -0.39 is 0 Å². The van der Waals surface area contributed by atoms with Crippen LogP contribution in [0.2, 0.25) is 0 Å². The summed E-state index contributed by atoms with van der Waals surface area (Å²) >= 11 is 1.74. The van der Waals surface area contributed by atoms with Gasteiger partial charge in [0.25, 0.3) is 0 Å². The molecule has 0 aliphatic rings. The third-order valence-corrected chi connectivity index (χ3v) is 3.05. The van der Waals surface area contributed by atoms with Gasteiger partial charge in [0.1, 0.15) is 11.6 Å². The molecule has 1 N–H and O–H groups in total. The maximum absolute atomic E-state index is 4.47. The Kier molecular flexibility index (Phi) is 3.88. The zero-order valence-corrected chi connectivity index (χ0v) is 10.1. The third-order valence-electron chi connectivity index (χ3n) is 2.17. The molecule has 0 bridgehead atoms. The molecule has 0 fully saturated rings. The first-order chi connectivity index (χ1) is 7.88. The zero-order chi connectivity index (χ0) is 11.2. The van der Waals surface area contributed by atoms with Gasteiger partial charge in [0, 0.05) is 24.0 Å². The highest BCUT2D eigenvalue weighted by Gasteiger charge is 2.01. The molecule has 0 spiro atoms. The van der Waals surface area contributed by atoms with Crippen LogP contribution in [-0.4, -0.2) is 16.5 Å². The molecule has 0 unspecified atom stereocenters. The van der Waals surface area contributed by atoms with E-state index in [0.717, 1.165) is 31.0 Å². The van der Waals surface area contributed by atoms with Crippen molar-refractivity contribution in [2.75, 3.05) is 11.9 Å². The Hall–Kier alpha value is -1.42. The van der Waals surface area contributed by atoms with Crippen molar-refractivity contribution < 1.29 is 0 Å². The smallest absolute Gasteiger partial charge is 0.135 e. The van der Waals surface area contributed by atoms with E-state index in [4.69, 9.17) is 0 Å². The molecule has 0 atom stereocenters. The van der Waals surface area contributed by atoms with Crippen LogP contribution in [0.15, 0.2) is 29.8 Å². The molecule has 16 heavy (non-hydrogen) atoms. The molecule has 0 aliphatic carbocycles. The minimum Gasteiger partial charge on any atom is -0.370 e. The molecule has 0 aromatic carbocycles. The van der Waals surface area contributed by atoms with Gasteiger partial charge in [-0.15, -0.1) is 11.3 Å². The van der Waals surface area contributed by atoms with Gasteiger partial charge >= 0.3 is 0 Å². The molecule has 4 heteroatoms. The second-order valence-corrected chi connectivity index (χ2v) is 4.57. The molecule has 0 amide bonds. The molecule has 0 radical (unpaired) electrons. The number of aromatic nitrogens is 2. The van der Waals surface area contributed by atoms with Crippen LogP contribution in [0.5, 0.6) is 0 Å². The Labute approximate surface area is 99.6 Å². The number of thiophene rings is 1. The van der Waals surface area contributed by atoms with E-state index in [2.05, 4.69) is 39.7 Å². The predicted octanol–water partition coefficient (Wildman–Crippen LogP) is 2.95. The lowest BCUT2D eigenvalue weighted by molar-refractivity contribution is 0.936. The summed E-state index contributed by atoms with van der Waals surface area (Å²) in [7, 11) is 0. The van der Waals surface area contributed by atoms with Gasteiger partial charge in [-0.2, -0.15) is 0 Å². The Bertz CT molecular complexity index is 426. The first kappa shape index (κ1) is 11.1. The van der Waals surface area contributed by atoms with Crippen molar-refractivity contribution in [3.63, 3.8) is 0 Å². The van der Waals surface area contributed by atoms with Crippen molar-refractivity contribution in [2.45, 2.75) is 19.8 Å². The quantitative estimate of drug-likeness (QED) is 0.862. The van der Waals surface area contributed by atoms with Crippen LogP contribution < -0.4 is 5.32 Å². The van der Waals surface area contributed by atoms with E-state index in [0.29, 0.717) is 0 Å². The molecule has 0 saturated carbocycles. The summed E-state index contributed by atoms with van der Waals surface area (Å²) < 4.78 is 0. The number of hydrogen-bond acceptors (Lipinski definition) is 4. The molecule has 2 aromatic heterocycles. The van der Waals surface area contributed by atoms with Crippen LogP contribution >= 0.6 is 11.3 Å². The summed E-state index contributed by atoms with van der Waals surface area (Å²) in [4.78, 5) is 10.0. The van der Waals surface area contributed by atoms with E-state index in [1.165, 1.54) is 4.88 Å². The molecule has 3 nitrogen and oxygen atoms in total. The minimum absolute atomic E-state index is 0.819. The monoisotopic (exact) mass is 233 g/mol. The predicted molar refractivity (Wildman–Crippen MR) is 67.9 cm³/mol. The largest absolute Gasteiger partial charge is 0.370 e. The van der Waals surface area contributed by atoms with Crippen LogP contribution in [-0.2, 0) is 6.42 Å². The van der Waals surface area contributed by atoms with Gasteiger partial charge in [0.2, 0.25) is 0 Å². The Morgan fingerprint density at radius 3 is 3.06 bits per heavy atom. The van der Waals surface area contributed by atoms with Gasteiger partial charge in [-0.25, -0.2) is 9.97 Å². The molecular weight excluding hydrogens is 218 g/mol. The number of rotatable bonds is 5. The summed E-state index contributed by atoms with van der Waals surface area (Å²) in [6, 6.07) is 6.08. The maximum atomic E-state index is 4.47. The van der Waals surface area contributed by atoms with Gasteiger partial charge in [-0.05, 0) is 23.9 Å². The SMILES string of the molecule is CCCNc1ccnc(Cc2cccs2)n1. The fraction of sp³-hybridized carbons (Fsp3) is 0.333. The zero-order valence-electron chi connectivity index (χ0n) is 9.31. The molecule has 84 valence electrons. The second kappa shape index (κ2) is 5.61. The Balaban J connectivity index is 2.04. The summed E-state index contributed by atoms with van der Waals surface area (Å²) in [5.41, 5.74) is 0. The fourth-order valence-corrected chi connectivity index (χ4v) is 2.11. The van der Waals surface area contributed by atoms with Crippen molar-refractivity contribution in [3.05, 3.63) is 40.5 Å². The van der Waals surface area contributed by atoms with E-state index in [-0.39, 0.29) is 0 Å². The average Bonchev–Trinajstić information content (AvgIpc) is 2.80. The molecule has 2 heterocycles. The second-order valence-electron chi connectivity index (χ2n) is 3.54. The Morgan fingerprint density at radius 1 is 1.38 bits per heavy atom. The average molecular weight is 233 g/mol. The van der Waals surface area contributed by atoms with Gasteiger partial charge in [0.05, 0.1) is 0 Å². The first-order valence-corrected chi connectivity index (χ1v) is 6.34. The van der Waals surface area contributed by atoms with E-state index in [1.807, 2.05) is 12.3 Å². The van der Waals surface area contributed by atoms with Crippen molar-refractivity contribution in [1.29, 1.82) is 0 Å². The lowest BCUT2D eigenvalue weighted by atomic mass is 10.3. The molecule has 0 aliphatic heterocycles. The van der Waals surface area contributed by atoms with Crippen LogP contribution in [0.1, 0.15) is 24.0 Å². The van der Waals surface area contributed by atoms with Crippen molar-refractivity contribution in [1.82, 2.24) is 9.97 Å². The number of nitrogens with one attached hydrogen (secondary N) is 1. The number of anilines is 1. The first-order valence-electron chi connectivity index (χ1n) is 5.46. The van der Waals surface area contributed by atoms with E-state index >= 15 is 0 Å². The summed E-state index contributed by atoms with van der Waals surface area (Å²) in [5, 5.41) is 5.34. The molecule has 2 rings (SSSR count). The van der Waals surface area contributed by atoms with E-state index in [9.17, 15) is 0 Å². The van der Waals surface area contributed by atoms with Crippen LogP contribution in [0.4, 0.5) is 5.82 Å². The van der Waals surface area contributed by atoms with Crippen molar-refractivity contribution in [3.8, 4) is 0 Å². The lowest BCUT2D eigenvalue weighted by Crippen LogP contribution is -2.04. The van der Waals surface area contributed by atoms with Gasteiger partial charge in [-0.3, -0.25) is 0 Å². The van der Waals surface area contributed by atoms with Gasteiger partial charge in [0.15, 0.2) is 0 Å². The Morgan fingerprint density at radius 2 is 2.31 bits per heavy atom. The molecule has 2 aromatic rings. The number of nitrogens with zero attached hydrogens (tertiary/aromatic N) is 2. The van der Waals surface area contributed by atoms with Gasteiger partial charge < -0.3 is 5.32 Å². The highest BCUT2D eigenvalue weighted by molar-refractivity contribution is 7.09. The van der Waals surface area contributed by atoms with Crippen molar-refractivity contribution >= 4 is 17.2 Å². The highest BCUT2D eigenvalue weighted by Crippen LogP contribution is 2.13. The van der Waals surface area contributed by atoms with Gasteiger partial charge in [-0.1, -0.05) is 13.0 Å². The van der Waals surface area contributed by atoms with Crippen LogP contribution in [0, 0.1) is 0 Å². The van der Waals surface area contributed by atoms with Crippen molar-refractivity contribution in [2.24, 2.45) is 0 Å². The normalized spacial score (nSPS) is 10.3. The van der Waals surface area contributed by atoms with E-state index in [1.54, 1.807) is 11.3 Å². The summed E-state index contributed by atoms with van der Waals surface area (Å²) in [6.07, 6.45) is 3.73. The summed E-state index contributed by atoms with van der Waals surface area (Å²) in [6.45, 7) is 3.09. The standard InChI is InChI=1S/C12H15N3S/c1-2-6-13-11-5-7-14-12(15-11)9-10-4-3-8-16-10/h3-5,7-8H,2,6,9H2,1H3,(H,13,14,15). The minimum atomic E-state index is 0.819. The third kappa shape index (κ3) is 3.03. The highest BCUT2D eigenvalue weighted by atomic mass is 32.1. The maximum Gasteiger partial charge on any atom is 0.135 e. The van der Waals surface area contributed by atoms with Crippen LogP contribution in [0.25, 0.3) is 0 Å².